The van der Waals surface area contributed by atoms with E-state index >= 15 is 0 Å². The van der Waals surface area contributed by atoms with Gasteiger partial charge in [0.25, 0.3) is 0 Å². The Morgan fingerprint density at radius 2 is 2.25 bits per heavy atom. The molecule has 1 saturated heterocycles. The Morgan fingerprint density at radius 3 is 2.88 bits per heavy atom. The fourth-order valence-corrected chi connectivity index (χ4v) is 2.67. The molecule has 1 aliphatic rings. The van der Waals surface area contributed by atoms with E-state index in [0.717, 1.165) is 25.5 Å². The average molecular weight is 337 g/mol. The number of aromatic carboxylic acids is 1. The predicted octanol–water partition coefficient (Wildman–Crippen LogP) is 1.27. The zero-order valence-corrected chi connectivity index (χ0v) is 13.9. The summed E-state index contributed by atoms with van der Waals surface area (Å²) in [6.45, 7) is 5.00. The maximum atomic E-state index is 12.3. The van der Waals surface area contributed by atoms with Gasteiger partial charge in [-0.2, -0.15) is 0 Å². The van der Waals surface area contributed by atoms with Crippen LogP contribution in [0.5, 0.6) is 0 Å². The molecule has 0 spiro atoms. The van der Waals surface area contributed by atoms with Gasteiger partial charge in [0.1, 0.15) is 6.26 Å². The summed E-state index contributed by atoms with van der Waals surface area (Å²) in [5, 5.41) is 11.5. The number of carboxylic acids is 1. The minimum absolute atomic E-state index is 0.0297. The molecule has 2 atom stereocenters. The Labute approximate surface area is 140 Å². The zero-order chi connectivity index (χ0) is 17.7. The maximum Gasteiger partial charge on any atom is 0.357 e. The van der Waals surface area contributed by atoms with Gasteiger partial charge in [-0.15, -0.1) is 0 Å². The standard InChI is InChI=1S/C16H23N3O5/c1-3-10(2)15(21)19-6-4-5-11(8-19)14(20)17-7-13-18-12(9-24-13)16(22)23/h9-11H,3-8H2,1-2H3,(H,17,20)(H,22,23)/t10-,11+/m1/s1. The van der Waals surface area contributed by atoms with Crippen molar-refractivity contribution in [3.63, 3.8) is 0 Å². The molecule has 0 saturated carbocycles. The van der Waals surface area contributed by atoms with Gasteiger partial charge in [-0.1, -0.05) is 13.8 Å². The third-order valence-corrected chi connectivity index (χ3v) is 4.32. The number of rotatable bonds is 6. The number of hydrogen-bond acceptors (Lipinski definition) is 5. The van der Waals surface area contributed by atoms with Crippen LogP contribution in [0.15, 0.2) is 10.7 Å². The number of hydrogen-bond donors (Lipinski definition) is 2. The normalized spacial score (nSPS) is 18.9. The van der Waals surface area contributed by atoms with Crippen molar-refractivity contribution in [2.75, 3.05) is 13.1 Å². The molecule has 1 aromatic rings. The molecule has 2 N–H and O–H groups in total. The van der Waals surface area contributed by atoms with Crippen molar-refractivity contribution in [3.8, 4) is 0 Å². The number of likely N-dealkylation sites (tertiary alicyclic amines) is 1. The quantitative estimate of drug-likeness (QED) is 0.808. The number of oxazole rings is 1. The SMILES string of the molecule is CC[C@@H](C)C(=O)N1CCC[C@H](C(=O)NCc2nc(C(=O)O)co2)C1. The molecule has 0 unspecified atom stereocenters. The van der Waals surface area contributed by atoms with Gasteiger partial charge in [-0.3, -0.25) is 9.59 Å². The van der Waals surface area contributed by atoms with E-state index in [2.05, 4.69) is 10.3 Å². The number of piperidine rings is 1. The van der Waals surface area contributed by atoms with Crippen LogP contribution >= 0.6 is 0 Å². The minimum atomic E-state index is -1.18. The molecule has 1 fully saturated rings. The van der Waals surface area contributed by atoms with Crippen LogP contribution in [0.1, 0.15) is 49.5 Å². The fourth-order valence-electron chi connectivity index (χ4n) is 2.67. The van der Waals surface area contributed by atoms with Crippen molar-refractivity contribution in [2.45, 2.75) is 39.7 Å². The molecule has 1 aliphatic heterocycles. The summed E-state index contributed by atoms with van der Waals surface area (Å²) in [5.74, 6) is -1.42. The maximum absolute atomic E-state index is 12.3. The second kappa shape index (κ2) is 7.94. The highest BCUT2D eigenvalue weighted by Crippen LogP contribution is 2.19. The summed E-state index contributed by atoms with van der Waals surface area (Å²) in [7, 11) is 0. The van der Waals surface area contributed by atoms with Crippen molar-refractivity contribution in [1.29, 1.82) is 0 Å². The second-order valence-corrected chi connectivity index (χ2v) is 6.08. The van der Waals surface area contributed by atoms with Crippen LogP contribution < -0.4 is 5.32 Å². The van der Waals surface area contributed by atoms with E-state index in [1.807, 2.05) is 13.8 Å². The van der Waals surface area contributed by atoms with Crippen LogP contribution in [-0.2, 0) is 16.1 Å². The highest BCUT2D eigenvalue weighted by atomic mass is 16.4. The Bertz CT molecular complexity index is 613. The summed E-state index contributed by atoms with van der Waals surface area (Å²) in [5.41, 5.74) is -0.192. The molecule has 0 aliphatic carbocycles. The highest BCUT2D eigenvalue weighted by Gasteiger charge is 2.30. The summed E-state index contributed by atoms with van der Waals surface area (Å²) in [6, 6.07) is 0. The summed E-state index contributed by atoms with van der Waals surface area (Å²) < 4.78 is 5.00. The number of carbonyl (C=O) groups excluding carboxylic acids is 2. The largest absolute Gasteiger partial charge is 0.476 e. The van der Waals surface area contributed by atoms with Crippen LogP contribution in [0.3, 0.4) is 0 Å². The predicted molar refractivity (Wildman–Crippen MR) is 84.1 cm³/mol. The lowest BCUT2D eigenvalue weighted by Crippen LogP contribution is -2.46. The molecule has 1 aromatic heterocycles. The van der Waals surface area contributed by atoms with Gasteiger partial charge < -0.3 is 19.7 Å². The van der Waals surface area contributed by atoms with Gasteiger partial charge in [-0.05, 0) is 19.3 Å². The minimum Gasteiger partial charge on any atom is -0.476 e. The number of nitrogens with zero attached hydrogens (tertiary/aromatic N) is 2. The molecule has 2 rings (SSSR count). The molecule has 2 amide bonds. The van der Waals surface area contributed by atoms with Crippen LogP contribution in [-0.4, -0.2) is 45.9 Å². The first-order chi connectivity index (χ1) is 11.4. The van der Waals surface area contributed by atoms with Crippen molar-refractivity contribution < 1.29 is 23.9 Å². The van der Waals surface area contributed by atoms with Crippen LogP contribution in [0.2, 0.25) is 0 Å². The molecular formula is C16H23N3O5. The molecule has 0 radical (unpaired) electrons. The third kappa shape index (κ3) is 4.33. The van der Waals surface area contributed by atoms with E-state index in [0.29, 0.717) is 13.1 Å². The first-order valence-corrected chi connectivity index (χ1v) is 8.16. The summed E-state index contributed by atoms with van der Waals surface area (Å²) >= 11 is 0. The Hall–Kier alpha value is -2.38. The van der Waals surface area contributed by atoms with Crippen LogP contribution in [0.4, 0.5) is 0 Å². The van der Waals surface area contributed by atoms with E-state index < -0.39 is 5.97 Å². The molecule has 24 heavy (non-hydrogen) atoms. The van der Waals surface area contributed by atoms with Gasteiger partial charge in [0.05, 0.1) is 12.5 Å². The Balaban J connectivity index is 1.87. The van der Waals surface area contributed by atoms with Gasteiger partial charge in [0.2, 0.25) is 17.7 Å². The topological polar surface area (TPSA) is 113 Å². The molecule has 2 heterocycles. The lowest BCUT2D eigenvalue weighted by molar-refractivity contribution is -0.139. The number of amides is 2. The smallest absolute Gasteiger partial charge is 0.357 e. The first kappa shape index (κ1) is 18.0. The second-order valence-electron chi connectivity index (χ2n) is 6.08. The van der Waals surface area contributed by atoms with Crippen molar-refractivity contribution in [3.05, 3.63) is 17.8 Å². The Kier molecular flexibility index (Phi) is 5.94. The van der Waals surface area contributed by atoms with E-state index in [4.69, 9.17) is 9.52 Å². The average Bonchev–Trinajstić information content (AvgIpc) is 3.07. The summed E-state index contributed by atoms with van der Waals surface area (Å²) in [4.78, 5) is 40.8. The van der Waals surface area contributed by atoms with Crippen LogP contribution in [0, 0.1) is 11.8 Å². The molecule has 132 valence electrons. The van der Waals surface area contributed by atoms with Crippen LogP contribution in [0.25, 0.3) is 0 Å². The van der Waals surface area contributed by atoms with E-state index in [1.54, 1.807) is 4.90 Å². The number of aromatic nitrogens is 1. The highest BCUT2D eigenvalue weighted by molar-refractivity contribution is 5.85. The number of nitrogens with one attached hydrogen (secondary N) is 1. The van der Waals surface area contributed by atoms with E-state index in [1.165, 1.54) is 0 Å². The van der Waals surface area contributed by atoms with Crippen molar-refractivity contribution in [2.24, 2.45) is 11.8 Å². The summed E-state index contributed by atoms with van der Waals surface area (Å²) in [6.07, 6.45) is 3.34. The Morgan fingerprint density at radius 1 is 1.50 bits per heavy atom. The molecule has 0 aromatic carbocycles. The van der Waals surface area contributed by atoms with Crippen molar-refractivity contribution >= 4 is 17.8 Å². The fraction of sp³-hybridized carbons (Fsp3) is 0.625. The number of carbonyl (C=O) groups is 3. The zero-order valence-electron chi connectivity index (χ0n) is 13.9. The van der Waals surface area contributed by atoms with E-state index in [9.17, 15) is 14.4 Å². The lowest BCUT2D eigenvalue weighted by atomic mass is 9.95. The first-order valence-electron chi connectivity index (χ1n) is 8.16. The van der Waals surface area contributed by atoms with Gasteiger partial charge >= 0.3 is 5.97 Å². The number of carboxylic acid groups (broad SMARTS) is 1. The lowest BCUT2D eigenvalue weighted by Gasteiger charge is -2.33. The molecule has 8 nitrogen and oxygen atoms in total. The monoisotopic (exact) mass is 337 g/mol. The van der Waals surface area contributed by atoms with Gasteiger partial charge in [0.15, 0.2) is 5.69 Å². The molecule has 8 heteroatoms. The van der Waals surface area contributed by atoms with Gasteiger partial charge in [0, 0.05) is 19.0 Å². The van der Waals surface area contributed by atoms with Gasteiger partial charge in [-0.25, -0.2) is 9.78 Å². The van der Waals surface area contributed by atoms with E-state index in [-0.39, 0.29) is 41.8 Å². The van der Waals surface area contributed by atoms with Crippen molar-refractivity contribution in [1.82, 2.24) is 15.2 Å². The molecule has 0 bridgehead atoms. The third-order valence-electron chi connectivity index (χ3n) is 4.32. The molecular weight excluding hydrogens is 314 g/mol.